The van der Waals surface area contributed by atoms with Crippen LogP contribution >= 0.6 is 34.2 Å². The summed E-state index contributed by atoms with van der Waals surface area (Å²) in [6.45, 7) is 1.22. The molecule has 1 aliphatic rings. The third kappa shape index (κ3) is 1.35. The van der Waals surface area contributed by atoms with Crippen molar-refractivity contribution in [3.05, 3.63) is 20.7 Å². The lowest BCUT2D eigenvalue weighted by molar-refractivity contribution is 0.170. The van der Waals surface area contributed by atoms with Crippen molar-refractivity contribution in [1.82, 2.24) is 0 Å². The molecule has 0 atom stereocenters. The van der Waals surface area contributed by atoms with Gasteiger partial charge in [-0.3, -0.25) is 0 Å². The molecular weight excluding hydrogens is 290 g/mol. The fourth-order valence-corrected chi connectivity index (χ4v) is 1.81. The van der Waals surface area contributed by atoms with E-state index in [1.165, 1.54) is 0 Å². The largest absolute Gasteiger partial charge is 0.486 e. The first-order chi connectivity index (χ1) is 5.79. The number of hydrogen-bond donors (Lipinski definition) is 0. The highest BCUT2D eigenvalue weighted by Gasteiger charge is 2.16. The van der Waals surface area contributed by atoms with Gasteiger partial charge in [-0.15, -0.1) is 0 Å². The van der Waals surface area contributed by atoms with Crippen molar-refractivity contribution in [3.8, 4) is 11.5 Å². The fourth-order valence-electron chi connectivity index (χ4n) is 1.06. The van der Waals surface area contributed by atoms with Gasteiger partial charge >= 0.3 is 0 Å². The maximum absolute atomic E-state index is 5.90. The van der Waals surface area contributed by atoms with E-state index in [4.69, 9.17) is 21.1 Å². The van der Waals surface area contributed by atoms with Crippen LogP contribution in [0.25, 0.3) is 0 Å². The van der Waals surface area contributed by atoms with Crippen LogP contribution in [0, 0.1) is 3.57 Å². The smallest absolute Gasteiger partial charge is 0.176 e. The van der Waals surface area contributed by atoms with Crippen molar-refractivity contribution >= 4 is 34.2 Å². The second kappa shape index (κ2) is 3.30. The van der Waals surface area contributed by atoms with Gasteiger partial charge in [0.15, 0.2) is 11.5 Å². The zero-order valence-corrected chi connectivity index (χ0v) is 9.05. The molecule has 0 saturated carbocycles. The maximum atomic E-state index is 5.90. The highest BCUT2D eigenvalue weighted by molar-refractivity contribution is 14.1. The van der Waals surface area contributed by atoms with Gasteiger partial charge < -0.3 is 9.47 Å². The number of hydrogen-bond acceptors (Lipinski definition) is 2. The van der Waals surface area contributed by atoms with Crippen LogP contribution in [0.1, 0.15) is 0 Å². The quantitative estimate of drug-likeness (QED) is 0.685. The lowest BCUT2D eigenvalue weighted by Gasteiger charge is -2.19. The monoisotopic (exact) mass is 296 g/mol. The van der Waals surface area contributed by atoms with Crippen LogP contribution in [0.2, 0.25) is 5.02 Å². The molecule has 0 fully saturated rings. The Bertz CT molecular complexity index is 314. The van der Waals surface area contributed by atoms with Crippen molar-refractivity contribution in [2.45, 2.75) is 0 Å². The summed E-state index contributed by atoms with van der Waals surface area (Å²) in [6, 6.07) is 3.65. The summed E-state index contributed by atoms with van der Waals surface area (Å²) in [7, 11) is 0. The normalized spacial score (nSPS) is 14.5. The fraction of sp³-hybridized carbons (Fsp3) is 0.250. The standard InChI is InChI=1S/C8H6ClIO2/c9-5-1-2-6-8(7(5)10)12-4-3-11-6/h1-2H,3-4H2. The van der Waals surface area contributed by atoms with Gasteiger partial charge in [-0.2, -0.15) is 0 Å². The summed E-state index contributed by atoms with van der Waals surface area (Å²) >= 11 is 8.05. The van der Waals surface area contributed by atoms with Crippen molar-refractivity contribution < 1.29 is 9.47 Å². The van der Waals surface area contributed by atoms with Crippen molar-refractivity contribution in [2.75, 3.05) is 13.2 Å². The third-order valence-corrected chi connectivity index (χ3v) is 3.31. The molecule has 0 radical (unpaired) electrons. The van der Waals surface area contributed by atoms with Crippen LogP contribution in [0.5, 0.6) is 11.5 Å². The minimum Gasteiger partial charge on any atom is -0.486 e. The molecule has 0 saturated heterocycles. The van der Waals surface area contributed by atoms with Crippen LogP contribution in [0.4, 0.5) is 0 Å². The number of ether oxygens (including phenoxy) is 2. The minimum absolute atomic E-state index is 0.601. The summed E-state index contributed by atoms with van der Waals surface area (Å²) < 4.78 is 11.7. The number of rotatable bonds is 0. The molecule has 1 aliphatic heterocycles. The Morgan fingerprint density at radius 3 is 2.83 bits per heavy atom. The Morgan fingerprint density at radius 2 is 2.00 bits per heavy atom. The molecule has 0 unspecified atom stereocenters. The summed E-state index contributed by atoms with van der Waals surface area (Å²) in [5.41, 5.74) is 0. The van der Waals surface area contributed by atoms with Gasteiger partial charge in [0.1, 0.15) is 13.2 Å². The molecular formula is C8H6ClIO2. The Balaban J connectivity index is 2.54. The average Bonchev–Trinajstić information content (AvgIpc) is 2.12. The molecule has 0 aliphatic carbocycles. The molecule has 12 heavy (non-hydrogen) atoms. The van der Waals surface area contributed by atoms with Crippen LogP contribution < -0.4 is 9.47 Å². The maximum Gasteiger partial charge on any atom is 0.176 e. The first kappa shape index (κ1) is 8.44. The Labute approximate surface area is 88.9 Å². The van der Waals surface area contributed by atoms with E-state index in [1.807, 2.05) is 12.1 Å². The van der Waals surface area contributed by atoms with E-state index in [0.717, 1.165) is 15.1 Å². The first-order valence-electron chi connectivity index (χ1n) is 3.52. The van der Waals surface area contributed by atoms with Crippen LogP contribution in [-0.4, -0.2) is 13.2 Å². The zero-order chi connectivity index (χ0) is 8.55. The molecule has 4 heteroatoms. The number of benzene rings is 1. The van der Waals surface area contributed by atoms with Crippen molar-refractivity contribution in [2.24, 2.45) is 0 Å². The molecule has 1 aromatic carbocycles. The molecule has 2 nitrogen and oxygen atoms in total. The first-order valence-corrected chi connectivity index (χ1v) is 4.98. The zero-order valence-electron chi connectivity index (χ0n) is 6.14. The molecule has 64 valence electrons. The minimum atomic E-state index is 0.601. The number of halogens is 2. The Hall–Kier alpha value is -0.160. The lowest BCUT2D eigenvalue weighted by Crippen LogP contribution is -2.16. The Morgan fingerprint density at radius 1 is 1.25 bits per heavy atom. The van der Waals surface area contributed by atoms with Crippen LogP contribution in [-0.2, 0) is 0 Å². The number of fused-ring (bicyclic) bond motifs is 1. The van der Waals surface area contributed by atoms with Gasteiger partial charge in [-0.25, -0.2) is 0 Å². The van der Waals surface area contributed by atoms with E-state index in [9.17, 15) is 0 Å². The second-order valence-electron chi connectivity index (χ2n) is 2.39. The summed E-state index contributed by atoms with van der Waals surface area (Å²) in [6.07, 6.45) is 0. The van der Waals surface area contributed by atoms with Gasteiger partial charge in [0.05, 0.1) is 8.59 Å². The summed E-state index contributed by atoms with van der Waals surface area (Å²) in [5, 5.41) is 0.708. The van der Waals surface area contributed by atoms with Crippen molar-refractivity contribution in [3.63, 3.8) is 0 Å². The molecule has 1 heterocycles. The Kier molecular flexibility index (Phi) is 2.32. The van der Waals surface area contributed by atoms with Gasteiger partial charge in [0, 0.05) is 0 Å². The average molecular weight is 296 g/mol. The van der Waals surface area contributed by atoms with E-state index in [-0.39, 0.29) is 0 Å². The molecule has 0 N–H and O–H groups in total. The second-order valence-corrected chi connectivity index (χ2v) is 3.87. The van der Waals surface area contributed by atoms with Gasteiger partial charge in [-0.1, -0.05) is 11.6 Å². The van der Waals surface area contributed by atoms with Gasteiger partial charge in [0.25, 0.3) is 0 Å². The topological polar surface area (TPSA) is 18.5 Å². The lowest BCUT2D eigenvalue weighted by atomic mass is 10.3. The molecule has 1 aromatic rings. The van der Waals surface area contributed by atoms with E-state index in [1.54, 1.807) is 0 Å². The van der Waals surface area contributed by atoms with Gasteiger partial charge in [-0.05, 0) is 34.7 Å². The SMILES string of the molecule is Clc1ccc2c(c1I)OCCO2. The van der Waals surface area contributed by atoms with Crippen LogP contribution in [0.3, 0.4) is 0 Å². The molecule has 2 rings (SSSR count). The molecule has 0 amide bonds. The summed E-state index contributed by atoms with van der Waals surface area (Å²) in [5.74, 6) is 1.56. The molecule has 0 bridgehead atoms. The molecule has 0 spiro atoms. The predicted octanol–water partition coefficient (Wildman–Crippen LogP) is 2.72. The highest BCUT2D eigenvalue weighted by Crippen LogP contribution is 2.38. The van der Waals surface area contributed by atoms with E-state index < -0.39 is 0 Å². The predicted molar refractivity (Wildman–Crippen MR) is 55.2 cm³/mol. The summed E-state index contributed by atoms with van der Waals surface area (Å²) in [4.78, 5) is 0. The van der Waals surface area contributed by atoms with E-state index >= 15 is 0 Å². The van der Waals surface area contributed by atoms with E-state index in [2.05, 4.69) is 22.6 Å². The van der Waals surface area contributed by atoms with Gasteiger partial charge in [0.2, 0.25) is 0 Å². The van der Waals surface area contributed by atoms with E-state index in [0.29, 0.717) is 18.2 Å². The van der Waals surface area contributed by atoms with Crippen LogP contribution in [0.15, 0.2) is 12.1 Å². The van der Waals surface area contributed by atoms with Crippen molar-refractivity contribution in [1.29, 1.82) is 0 Å². The third-order valence-electron chi connectivity index (χ3n) is 1.60. The molecule has 0 aromatic heterocycles. The highest BCUT2D eigenvalue weighted by atomic mass is 127.